The number of nitriles is 1. The molecule has 0 heterocycles. The van der Waals surface area contributed by atoms with E-state index in [0.717, 1.165) is 36.0 Å². The number of allylic oxidation sites excluding steroid dienone is 2. The largest absolute Gasteiger partial charge is 0.192 e. The third-order valence-corrected chi connectivity index (χ3v) is 8.47. The number of nitrogens with zero attached hydrogens (tertiary/aromatic N) is 1. The minimum atomic E-state index is 0.0869. The summed E-state index contributed by atoms with van der Waals surface area (Å²) in [6.45, 7) is 17.8. The van der Waals surface area contributed by atoms with Crippen LogP contribution in [0.1, 0.15) is 82.1 Å². The molecule has 0 N–H and O–H groups in total. The van der Waals surface area contributed by atoms with E-state index in [4.69, 9.17) is 0 Å². The first-order chi connectivity index (χ1) is 11.8. The molecule has 0 saturated heterocycles. The first-order valence-corrected chi connectivity index (χ1v) is 9.68. The van der Waals surface area contributed by atoms with E-state index in [0.29, 0.717) is 5.92 Å². The average Bonchev–Trinajstić information content (AvgIpc) is 2.99. The van der Waals surface area contributed by atoms with Crippen LogP contribution in [-0.2, 0) is 10.8 Å². The van der Waals surface area contributed by atoms with Crippen molar-refractivity contribution in [3.63, 3.8) is 0 Å². The van der Waals surface area contributed by atoms with Gasteiger partial charge in [-0.25, -0.2) is 0 Å². The predicted octanol–water partition coefficient (Wildman–Crippen LogP) is 6.28. The van der Waals surface area contributed by atoms with Crippen molar-refractivity contribution in [1.82, 2.24) is 0 Å². The Balaban J connectivity index is 2.12. The SMILES string of the molecule is C=C1CCC2(C)C(C)C3(CC)CC2(C1)c1c3ccc(C(=C)C)c1C#N. The second-order valence-electron chi connectivity index (χ2n) is 9.14. The van der Waals surface area contributed by atoms with Crippen molar-refractivity contribution in [2.24, 2.45) is 11.3 Å². The van der Waals surface area contributed by atoms with E-state index >= 15 is 0 Å². The Hall–Kier alpha value is -1.81. The molecule has 1 aromatic rings. The van der Waals surface area contributed by atoms with Crippen LogP contribution in [0.4, 0.5) is 0 Å². The van der Waals surface area contributed by atoms with Gasteiger partial charge in [0.25, 0.3) is 0 Å². The maximum atomic E-state index is 10.1. The first-order valence-electron chi connectivity index (χ1n) is 9.68. The molecule has 3 aliphatic rings. The quantitative estimate of drug-likeness (QED) is 0.585. The van der Waals surface area contributed by atoms with Gasteiger partial charge in [0.2, 0.25) is 0 Å². The molecule has 2 bridgehead atoms. The second kappa shape index (κ2) is 4.88. The highest BCUT2D eigenvalue weighted by atomic mass is 14.7. The van der Waals surface area contributed by atoms with Gasteiger partial charge in [-0.1, -0.05) is 51.6 Å². The summed E-state index contributed by atoms with van der Waals surface area (Å²) in [7, 11) is 0. The van der Waals surface area contributed by atoms with Crippen LogP contribution >= 0.6 is 0 Å². The number of rotatable bonds is 2. The molecule has 0 aromatic heterocycles. The molecule has 4 rings (SSSR count). The van der Waals surface area contributed by atoms with E-state index in [-0.39, 0.29) is 16.2 Å². The Kier molecular flexibility index (Phi) is 3.25. The van der Waals surface area contributed by atoms with Gasteiger partial charge in [0.15, 0.2) is 0 Å². The lowest BCUT2D eigenvalue weighted by Crippen LogP contribution is -2.49. The van der Waals surface area contributed by atoms with Gasteiger partial charge in [0, 0.05) is 5.41 Å². The lowest BCUT2D eigenvalue weighted by atomic mass is 9.49. The highest BCUT2D eigenvalue weighted by Gasteiger charge is 2.72. The molecule has 2 saturated carbocycles. The molecule has 0 radical (unpaired) electrons. The molecule has 1 spiro atoms. The third kappa shape index (κ3) is 1.64. The summed E-state index contributed by atoms with van der Waals surface area (Å²) in [5, 5.41) is 10.1. The maximum Gasteiger partial charge on any atom is 0.100 e. The van der Waals surface area contributed by atoms with Crippen LogP contribution in [0.15, 0.2) is 30.9 Å². The van der Waals surface area contributed by atoms with E-state index < -0.39 is 0 Å². The molecule has 1 nitrogen and oxygen atoms in total. The number of benzene rings is 1. The van der Waals surface area contributed by atoms with Gasteiger partial charge in [0.1, 0.15) is 6.07 Å². The Morgan fingerprint density at radius 1 is 1.40 bits per heavy atom. The van der Waals surface area contributed by atoms with Crippen LogP contribution in [0.3, 0.4) is 0 Å². The molecule has 4 unspecified atom stereocenters. The van der Waals surface area contributed by atoms with E-state index in [2.05, 4.69) is 52.1 Å². The second-order valence-corrected chi connectivity index (χ2v) is 9.14. The summed E-state index contributed by atoms with van der Waals surface area (Å²) >= 11 is 0. The molecule has 2 fully saturated rings. The van der Waals surface area contributed by atoms with Crippen molar-refractivity contribution < 1.29 is 0 Å². The Morgan fingerprint density at radius 3 is 2.72 bits per heavy atom. The fourth-order valence-corrected chi connectivity index (χ4v) is 6.99. The van der Waals surface area contributed by atoms with Crippen LogP contribution in [0, 0.1) is 22.7 Å². The summed E-state index contributed by atoms with van der Waals surface area (Å²) in [6, 6.07) is 7.06. The van der Waals surface area contributed by atoms with E-state index in [1.807, 2.05) is 6.92 Å². The average molecular weight is 332 g/mol. The third-order valence-electron chi connectivity index (χ3n) is 8.47. The Labute approximate surface area is 152 Å². The van der Waals surface area contributed by atoms with Crippen molar-refractivity contribution in [3.05, 3.63) is 53.1 Å². The van der Waals surface area contributed by atoms with Crippen molar-refractivity contribution in [2.75, 3.05) is 0 Å². The van der Waals surface area contributed by atoms with Gasteiger partial charge in [0.05, 0.1) is 5.56 Å². The lowest BCUT2D eigenvalue weighted by Gasteiger charge is -2.54. The summed E-state index contributed by atoms with van der Waals surface area (Å²) in [5.41, 5.74) is 7.68. The topological polar surface area (TPSA) is 23.8 Å². The van der Waals surface area contributed by atoms with E-state index in [9.17, 15) is 5.26 Å². The monoisotopic (exact) mass is 331 g/mol. The van der Waals surface area contributed by atoms with Crippen molar-refractivity contribution in [1.29, 1.82) is 5.26 Å². The van der Waals surface area contributed by atoms with Gasteiger partial charge in [-0.15, -0.1) is 0 Å². The Bertz CT molecular complexity index is 854. The first kappa shape index (κ1) is 16.6. The standard InChI is InChI=1S/C24H29N/c1-7-23-14-24(12-16(4)10-11-22(24,6)17(23)5)21-19(13-25)18(15(2)3)8-9-20(21)23/h8-9,17H,2,4,7,10-12,14H2,1,3,5-6H3. The maximum absolute atomic E-state index is 10.1. The van der Waals surface area contributed by atoms with Crippen LogP contribution in [0.25, 0.3) is 5.57 Å². The smallest absolute Gasteiger partial charge is 0.100 e. The van der Waals surface area contributed by atoms with Gasteiger partial charge >= 0.3 is 0 Å². The zero-order valence-electron chi connectivity index (χ0n) is 16.1. The number of fused-ring (bicyclic) bond motifs is 3. The van der Waals surface area contributed by atoms with Crippen LogP contribution in [0.5, 0.6) is 0 Å². The van der Waals surface area contributed by atoms with Crippen molar-refractivity contribution in [2.45, 2.75) is 70.6 Å². The molecular weight excluding hydrogens is 302 g/mol. The fourth-order valence-electron chi connectivity index (χ4n) is 6.99. The zero-order chi connectivity index (χ0) is 18.2. The van der Waals surface area contributed by atoms with E-state index in [1.54, 1.807) is 0 Å². The highest BCUT2D eigenvalue weighted by Crippen LogP contribution is 2.77. The zero-order valence-corrected chi connectivity index (χ0v) is 16.1. The summed E-state index contributed by atoms with van der Waals surface area (Å²) in [6.07, 6.45) is 5.74. The summed E-state index contributed by atoms with van der Waals surface area (Å²) in [4.78, 5) is 0. The Morgan fingerprint density at radius 2 is 2.12 bits per heavy atom. The molecule has 0 aliphatic heterocycles. The van der Waals surface area contributed by atoms with Crippen LogP contribution in [-0.4, -0.2) is 0 Å². The highest BCUT2D eigenvalue weighted by molar-refractivity contribution is 5.73. The van der Waals surface area contributed by atoms with Crippen LogP contribution in [0.2, 0.25) is 0 Å². The molecule has 3 aliphatic carbocycles. The predicted molar refractivity (Wildman–Crippen MR) is 104 cm³/mol. The van der Waals surface area contributed by atoms with E-state index in [1.165, 1.54) is 29.5 Å². The van der Waals surface area contributed by atoms with Gasteiger partial charge in [-0.3, -0.25) is 0 Å². The molecule has 4 atom stereocenters. The van der Waals surface area contributed by atoms with Crippen LogP contribution < -0.4 is 0 Å². The molecule has 1 aromatic carbocycles. The summed E-state index contributed by atoms with van der Waals surface area (Å²) < 4.78 is 0. The molecular formula is C24H29N. The van der Waals surface area contributed by atoms with Crippen molar-refractivity contribution >= 4 is 5.57 Å². The number of hydrogen-bond donors (Lipinski definition) is 0. The lowest BCUT2D eigenvalue weighted by molar-refractivity contribution is 0.0713. The minimum Gasteiger partial charge on any atom is -0.192 e. The fraction of sp³-hybridized carbons (Fsp3) is 0.542. The normalized spacial score (nSPS) is 38.2. The molecule has 1 heteroatoms. The van der Waals surface area contributed by atoms with Crippen molar-refractivity contribution in [3.8, 4) is 6.07 Å². The minimum absolute atomic E-state index is 0.0869. The summed E-state index contributed by atoms with van der Waals surface area (Å²) in [5.74, 6) is 0.646. The molecule has 130 valence electrons. The number of hydrogen-bond acceptors (Lipinski definition) is 1. The van der Waals surface area contributed by atoms with Gasteiger partial charge in [-0.2, -0.15) is 5.26 Å². The van der Waals surface area contributed by atoms with Gasteiger partial charge in [-0.05, 0) is 78.0 Å². The molecule has 0 amide bonds. The van der Waals surface area contributed by atoms with Gasteiger partial charge < -0.3 is 0 Å². The molecule has 25 heavy (non-hydrogen) atoms.